The van der Waals surface area contributed by atoms with Crippen LogP contribution in [0.2, 0.25) is 0 Å². The van der Waals surface area contributed by atoms with Crippen LogP contribution in [0.4, 0.5) is 10.1 Å². The van der Waals surface area contributed by atoms with E-state index in [0.717, 1.165) is 5.56 Å². The minimum absolute atomic E-state index is 0.0223. The molecular formula is C25H24FN3O2. The Morgan fingerprint density at radius 1 is 0.806 bits per heavy atom. The van der Waals surface area contributed by atoms with E-state index in [-0.39, 0.29) is 17.1 Å². The molecule has 5 nitrogen and oxygen atoms in total. The van der Waals surface area contributed by atoms with Crippen LogP contribution in [-0.2, 0) is 5.41 Å². The summed E-state index contributed by atoms with van der Waals surface area (Å²) in [4.78, 5) is 24.6. The molecule has 0 fully saturated rings. The first kappa shape index (κ1) is 21.9. The maximum Gasteiger partial charge on any atom is 0.271 e. The van der Waals surface area contributed by atoms with Crippen molar-refractivity contribution in [1.29, 1.82) is 0 Å². The van der Waals surface area contributed by atoms with Crippen LogP contribution in [0.15, 0.2) is 77.9 Å². The fraction of sp³-hybridized carbons (Fsp3) is 0.160. The second-order valence-corrected chi connectivity index (χ2v) is 8.11. The fourth-order valence-corrected chi connectivity index (χ4v) is 2.81. The number of halogens is 1. The zero-order valence-corrected chi connectivity index (χ0v) is 17.6. The van der Waals surface area contributed by atoms with Gasteiger partial charge in [0, 0.05) is 16.8 Å². The number of nitrogens with zero attached hydrogens (tertiary/aromatic N) is 1. The molecule has 0 aliphatic heterocycles. The molecule has 0 saturated heterocycles. The van der Waals surface area contributed by atoms with Gasteiger partial charge in [-0.05, 0) is 65.1 Å². The van der Waals surface area contributed by atoms with Crippen molar-refractivity contribution in [3.05, 3.63) is 101 Å². The SMILES string of the molecule is CC(C)(C)c1ccc(C(=O)Nc2ccc(C(=O)N/N=C/c3ccc(F)cc3)cc2)cc1. The summed E-state index contributed by atoms with van der Waals surface area (Å²) in [5, 5.41) is 6.69. The molecule has 0 atom stereocenters. The van der Waals surface area contributed by atoms with E-state index in [9.17, 15) is 14.0 Å². The van der Waals surface area contributed by atoms with E-state index >= 15 is 0 Å². The van der Waals surface area contributed by atoms with Crippen molar-refractivity contribution in [2.24, 2.45) is 5.10 Å². The van der Waals surface area contributed by atoms with Crippen LogP contribution in [0.5, 0.6) is 0 Å². The maximum atomic E-state index is 12.9. The number of rotatable bonds is 5. The number of nitrogens with one attached hydrogen (secondary N) is 2. The minimum atomic E-state index is -0.394. The number of hydrogen-bond donors (Lipinski definition) is 2. The summed E-state index contributed by atoms with van der Waals surface area (Å²) in [6.07, 6.45) is 1.43. The number of carbonyl (C=O) groups excluding carboxylic acids is 2. The van der Waals surface area contributed by atoms with Gasteiger partial charge in [0.05, 0.1) is 6.21 Å². The van der Waals surface area contributed by atoms with E-state index in [2.05, 4.69) is 36.6 Å². The van der Waals surface area contributed by atoms with Crippen LogP contribution in [0, 0.1) is 5.82 Å². The molecular weight excluding hydrogens is 393 g/mol. The van der Waals surface area contributed by atoms with E-state index in [1.165, 1.54) is 18.3 Å². The summed E-state index contributed by atoms with van der Waals surface area (Å²) < 4.78 is 12.9. The largest absolute Gasteiger partial charge is 0.322 e. The minimum Gasteiger partial charge on any atom is -0.322 e. The van der Waals surface area contributed by atoms with Gasteiger partial charge in [0.2, 0.25) is 0 Å². The van der Waals surface area contributed by atoms with Crippen molar-refractivity contribution < 1.29 is 14.0 Å². The number of carbonyl (C=O) groups is 2. The molecule has 3 rings (SSSR count). The molecule has 3 aromatic rings. The third-order valence-corrected chi connectivity index (χ3v) is 4.67. The van der Waals surface area contributed by atoms with Crippen LogP contribution in [0.1, 0.15) is 52.6 Å². The van der Waals surface area contributed by atoms with Crippen LogP contribution in [-0.4, -0.2) is 18.0 Å². The Bertz CT molecular complexity index is 1080. The van der Waals surface area contributed by atoms with Gasteiger partial charge in [-0.15, -0.1) is 0 Å². The van der Waals surface area contributed by atoms with Crippen molar-refractivity contribution in [2.45, 2.75) is 26.2 Å². The Balaban J connectivity index is 1.57. The second-order valence-electron chi connectivity index (χ2n) is 8.11. The molecule has 0 spiro atoms. The predicted octanol–water partition coefficient (Wildman–Crippen LogP) is 5.14. The van der Waals surface area contributed by atoms with E-state index in [0.29, 0.717) is 22.4 Å². The Morgan fingerprint density at radius 2 is 1.35 bits per heavy atom. The number of anilines is 1. The Morgan fingerprint density at radius 3 is 1.94 bits per heavy atom. The molecule has 158 valence electrons. The van der Waals surface area contributed by atoms with Gasteiger partial charge in [-0.1, -0.05) is 45.0 Å². The molecule has 0 heterocycles. The highest BCUT2D eigenvalue weighted by Crippen LogP contribution is 2.22. The normalized spacial score (nSPS) is 11.4. The van der Waals surface area contributed by atoms with Gasteiger partial charge in [-0.2, -0.15) is 5.10 Å². The third-order valence-electron chi connectivity index (χ3n) is 4.67. The molecule has 0 saturated carbocycles. The lowest BCUT2D eigenvalue weighted by atomic mass is 9.87. The molecule has 0 bridgehead atoms. The zero-order valence-electron chi connectivity index (χ0n) is 17.6. The van der Waals surface area contributed by atoms with Crippen molar-refractivity contribution >= 4 is 23.7 Å². The molecule has 6 heteroatoms. The summed E-state index contributed by atoms with van der Waals surface area (Å²) >= 11 is 0. The zero-order chi connectivity index (χ0) is 22.4. The number of hydrazone groups is 1. The average molecular weight is 417 g/mol. The quantitative estimate of drug-likeness (QED) is 0.446. The summed E-state index contributed by atoms with van der Waals surface area (Å²) in [6.45, 7) is 6.36. The van der Waals surface area contributed by atoms with Crippen molar-refractivity contribution in [1.82, 2.24) is 5.43 Å². The second kappa shape index (κ2) is 9.34. The van der Waals surface area contributed by atoms with Crippen molar-refractivity contribution in [3.63, 3.8) is 0 Å². The monoisotopic (exact) mass is 417 g/mol. The van der Waals surface area contributed by atoms with E-state index in [1.807, 2.05) is 12.1 Å². The lowest BCUT2D eigenvalue weighted by molar-refractivity contribution is 0.0954. The number of hydrogen-bond acceptors (Lipinski definition) is 3. The van der Waals surface area contributed by atoms with Gasteiger partial charge >= 0.3 is 0 Å². The van der Waals surface area contributed by atoms with Crippen molar-refractivity contribution in [2.75, 3.05) is 5.32 Å². The lowest BCUT2D eigenvalue weighted by Crippen LogP contribution is -2.18. The molecule has 2 amide bonds. The topological polar surface area (TPSA) is 70.6 Å². The van der Waals surface area contributed by atoms with E-state index in [4.69, 9.17) is 0 Å². The lowest BCUT2D eigenvalue weighted by Gasteiger charge is -2.19. The van der Waals surface area contributed by atoms with Crippen LogP contribution >= 0.6 is 0 Å². The third kappa shape index (κ3) is 6.09. The summed E-state index contributed by atoms with van der Waals surface area (Å²) in [7, 11) is 0. The van der Waals surface area contributed by atoms with Gasteiger partial charge in [-0.3, -0.25) is 9.59 Å². The predicted molar refractivity (Wildman–Crippen MR) is 121 cm³/mol. The summed E-state index contributed by atoms with van der Waals surface area (Å²) in [5.74, 6) is -0.953. The van der Waals surface area contributed by atoms with Crippen LogP contribution in [0.25, 0.3) is 0 Å². The van der Waals surface area contributed by atoms with Gasteiger partial charge in [0.15, 0.2) is 0 Å². The molecule has 0 unspecified atom stereocenters. The van der Waals surface area contributed by atoms with Crippen LogP contribution in [0.3, 0.4) is 0 Å². The molecule has 0 aromatic heterocycles. The first-order chi connectivity index (χ1) is 14.7. The highest BCUT2D eigenvalue weighted by Gasteiger charge is 2.14. The van der Waals surface area contributed by atoms with Crippen LogP contribution < -0.4 is 10.7 Å². The highest BCUT2D eigenvalue weighted by atomic mass is 19.1. The molecule has 0 aliphatic carbocycles. The molecule has 31 heavy (non-hydrogen) atoms. The number of benzene rings is 3. The van der Waals surface area contributed by atoms with Gasteiger partial charge < -0.3 is 5.32 Å². The Kier molecular flexibility index (Phi) is 6.60. The maximum absolute atomic E-state index is 12.9. The smallest absolute Gasteiger partial charge is 0.271 e. The fourth-order valence-electron chi connectivity index (χ4n) is 2.81. The highest BCUT2D eigenvalue weighted by molar-refractivity contribution is 6.04. The molecule has 3 aromatic carbocycles. The Labute approximate surface area is 181 Å². The summed E-state index contributed by atoms with van der Waals surface area (Å²) in [5.41, 5.74) is 5.79. The summed E-state index contributed by atoms with van der Waals surface area (Å²) in [6, 6.07) is 19.8. The van der Waals surface area contributed by atoms with E-state index in [1.54, 1.807) is 48.5 Å². The standard InChI is InChI=1S/C25H24FN3O2/c1-25(2,3)20-10-6-18(7-11-20)23(30)28-22-14-8-19(9-15-22)24(31)29-27-16-17-4-12-21(26)13-5-17/h4-16H,1-3H3,(H,28,30)(H,29,31)/b27-16+. The van der Waals surface area contributed by atoms with Gasteiger partial charge in [0.1, 0.15) is 5.82 Å². The molecule has 0 aliphatic rings. The van der Waals surface area contributed by atoms with Gasteiger partial charge in [-0.25, -0.2) is 9.82 Å². The average Bonchev–Trinajstić information content (AvgIpc) is 2.75. The van der Waals surface area contributed by atoms with Gasteiger partial charge in [0.25, 0.3) is 11.8 Å². The molecule has 2 N–H and O–H groups in total. The first-order valence-corrected chi connectivity index (χ1v) is 9.83. The van der Waals surface area contributed by atoms with Crippen molar-refractivity contribution in [3.8, 4) is 0 Å². The first-order valence-electron chi connectivity index (χ1n) is 9.83. The van der Waals surface area contributed by atoms with E-state index < -0.39 is 5.91 Å². The Hall–Kier alpha value is -3.80. The molecule has 0 radical (unpaired) electrons. The number of amides is 2.